The maximum Gasteiger partial charge on any atom is 0.313 e. The van der Waals surface area contributed by atoms with Gasteiger partial charge in [-0.25, -0.2) is 0 Å². The minimum absolute atomic E-state index is 0.0231. The summed E-state index contributed by atoms with van der Waals surface area (Å²) in [5, 5.41) is 9.93. The van der Waals surface area contributed by atoms with Crippen molar-refractivity contribution in [3.05, 3.63) is 21.3 Å². The fourth-order valence-corrected chi connectivity index (χ4v) is 5.70. The van der Waals surface area contributed by atoms with Crippen LogP contribution in [0, 0.1) is 11.3 Å². The predicted molar refractivity (Wildman–Crippen MR) is 92.6 cm³/mol. The lowest BCUT2D eigenvalue weighted by Crippen LogP contribution is -2.43. The Bertz CT molecular complexity index is 673. The van der Waals surface area contributed by atoms with Crippen LogP contribution in [0.5, 0.6) is 0 Å². The average Bonchev–Trinajstić information content (AvgIpc) is 3.28. The fourth-order valence-electron chi connectivity index (χ4n) is 4.69. The van der Waals surface area contributed by atoms with E-state index < -0.39 is 11.4 Å². The molecule has 5 nitrogen and oxygen atoms in total. The van der Waals surface area contributed by atoms with E-state index in [1.54, 1.807) is 17.0 Å². The third kappa shape index (κ3) is 2.55. The van der Waals surface area contributed by atoms with Gasteiger partial charge in [-0.2, -0.15) is 0 Å². The summed E-state index contributed by atoms with van der Waals surface area (Å²) in [5.74, 6) is -0.822. The molecule has 1 aromatic rings. The highest BCUT2D eigenvalue weighted by molar-refractivity contribution is 7.17. The molecule has 0 aromatic carbocycles. The second kappa shape index (κ2) is 6.00. The molecular formula is C17H21ClN2O3S. The Morgan fingerprint density at radius 1 is 1.21 bits per heavy atom. The van der Waals surface area contributed by atoms with E-state index in [1.165, 1.54) is 37.0 Å². The minimum atomic E-state index is -0.806. The molecule has 1 N–H and O–H groups in total. The van der Waals surface area contributed by atoms with Crippen molar-refractivity contribution in [2.75, 3.05) is 26.2 Å². The van der Waals surface area contributed by atoms with Crippen LogP contribution in [0.3, 0.4) is 0 Å². The molecule has 0 unspecified atom stereocenters. The highest BCUT2D eigenvalue weighted by atomic mass is 35.5. The quantitative estimate of drug-likeness (QED) is 0.891. The molecule has 130 valence electrons. The fraction of sp³-hybridized carbons (Fsp3) is 0.647. The molecule has 3 fully saturated rings. The van der Waals surface area contributed by atoms with Crippen LogP contribution in [0.1, 0.15) is 35.4 Å². The smallest absolute Gasteiger partial charge is 0.313 e. The monoisotopic (exact) mass is 368 g/mol. The van der Waals surface area contributed by atoms with Crippen LogP contribution < -0.4 is 0 Å². The Labute approximate surface area is 150 Å². The highest BCUT2D eigenvalue weighted by Gasteiger charge is 2.59. The van der Waals surface area contributed by atoms with Gasteiger partial charge in [-0.05, 0) is 25.0 Å². The van der Waals surface area contributed by atoms with Crippen molar-refractivity contribution >= 4 is 34.8 Å². The molecule has 7 heteroatoms. The van der Waals surface area contributed by atoms with Crippen LogP contribution in [0.25, 0.3) is 0 Å². The molecule has 4 rings (SSSR count). The zero-order valence-corrected chi connectivity index (χ0v) is 15.0. The molecule has 1 saturated carbocycles. The molecular weight excluding hydrogens is 348 g/mol. The number of hydrogen-bond donors (Lipinski definition) is 1. The van der Waals surface area contributed by atoms with Crippen LogP contribution in [-0.4, -0.2) is 59.0 Å². The molecule has 0 bridgehead atoms. The molecule has 2 aliphatic heterocycles. The zero-order valence-electron chi connectivity index (χ0n) is 13.4. The van der Waals surface area contributed by atoms with E-state index in [2.05, 4.69) is 4.90 Å². The van der Waals surface area contributed by atoms with E-state index >= 15 is 0 Å². The van der Waals surface area contributed by atoms with Gasteiger partial charge in [0.05, 0.1) is 9.21 Å². The number of carbonyl (C=O) groups excluding carboxylic acids is 1. The number of fused-ring (bicyclic) bond motifs is 1. The summed E-state index contributed by atoms with van der Waals surface area (Å²) in [6, 6.07) is 3.97. The molecule has 2 atom stereocenters. The molecule has 1 aliphatic carbocycles. The molecule has 0 spiro atoms. The van der Waals surface area contributed by atoms with Crippen molar-refractivity contribution in [2.24, 2.45) is 11.3 Å². The van der Waals surface area contributed by atoms with Crippen LogP contribution in [0.15, 0.2) is 12.1 Å². The second-order valence-electron chi connectivity index (χ2n) is 7.32. The number of thiophene rings is 1. The lowest BCUT2D eigenvalue weighted by molar-refractivity contribution is -0.148. The van der Waals surface area contributed by atoms with Crippen molar-refractivity contribution in [2.45, 2.75) is 31.7 Å². The zero-order chi connectivity index (χ0) is 16.9. The van der Waals surface area contributed by atoms with Crippen molar-refractivity contribution < 1.29 is 14.7 Å². The summed E-state index contributed by atoms with van der Waals surface area (Å²) in [6.07, 6.45) is 4.85. The first-order valence-corrected chi connectivity index (χ1v) is 9.71. The Hall–Kier alpha value is -1.11. The lowest BCUT2D eigenvalue weighted by Gasteiger charge is -2.28. The summed E-state index contributed by atoms with van der Waals surface area (Å²) >= 11 is 7.18. The van der Waals surface area contributed by atoms with Gasteiger partial charge in [0.2, 0.25) is 0 Å². The first kappa shape index (κ1) is 16.4. The van der Waals surface area contributed by atoms with Crippen LogP contribution in [0.2, 0.25) is 4.34 Å². The summed E-state index contributed by atoms with van der Waals surface area (Å²) in [4.78, 5) is 29.4. The van der Waals surface area contributed by atoms with Gasteiger partial charge in [0.15, 0.2) is 0 Å². The molecule has 24 heavy (non-hydrogen) atoms. The Morgan fingerprint density at radius 3 is 2.54 bits per heavy atom. The van der Waals surface area contributed by atoms with E-state index in [1.807, 2.05) is 0 Å². The van der Waals surface area contributed by atoms with Gasteiger partial charge in [0.1, 0.15) is 5.41 Å². The third-order valence-electron chi connectivity index (χ3n) is 5.97. The summed E-state index contributed by atoms with van der Waals surface area (Å²) in [6.45, 7) is 2.22. The maximum absolute atomic E-state index is 12.7. The number of carboxylic acids is 1. The predicted octanol–water partition coefficient (Wildman–Crippen LogP) is 2.80. The van der Waals surface area contributed by atoms with Crippen LogP contribution >= 0.6 is 22.9 Å². The number of likely N-dealkylation sites (tertiary alicyclic amines) is 2. The topological polar surface area (TPSA) is 60.9 Å². The first-order valence-electron chi connectivity index (χ1n) is 8.52. The van der Waals surface area contributed by atoms with E-state index in [4.69, 9.17) is 11.6 Å². The second-order valence-corrected chi connectivity index (χ2v) is 9.03. The molecule has 2 saturated heterocycles. The minimum Gasteiger partial charge on any atom is -0.481 e. The van der Waals surface area contributed by atoms with Crippen LogP contribution in [0.4, 0.5) is 0 Å². The van der Waals surface area contributed by atoms with Crippen molar-refractivity contribution in [3.63, 3.8) is 0 Å². The van der Waals surface area contributed by atoms with Crippen molar-refractivity contribution in [3.8, 4) is 0 Å². The number of rotatable bonds is 3. The molecule has 1 amide bonds. The number of aliphatic carboxylic acids is 1. The highest BCUT2D eigenvalue weighted by Crippen LogP contribution is 2.45. The van der Waals surface area contributed by atoms with Gasteiger partial charge in [-0.1, -0.05) is 24.4 Å². The molecule has 0 radical (unpaired) electrons. The Kier molecular flexibility index (Phi) is 4.09. The largest absolute Gasteiger partial charge is 0.481 e. The number of amides is 1. The standard InChI is InChI=1S/C17H21ClN2O3S/c18-14-6-5-13(24-14)15(21)20-8-11-7-19(12-3-1-2-4-12)9-17(11,10-20)16(22)23/h5-6,11-12H,1-4,7-10H2,(H,22,23)/t11-,17-/m1/s1. The molecule has 1 aromatic heterocycles. The van der Waals surface area contributed by atoms with Crippen molar-refractivity contribution in [1.29, 1.82) is 0 Å². The number of carbonyl (C=O) groups is 2. The first-order chi connectivity index (χ1) is 11.5. The van der Waals surface area contributed by atoms with Gasteiger partial charge in [-0.15, -0.1) is 11.3 Å². The van der Waals surface area contributed by atoms with Gasteiger partial charge < -0.3 is 10.0 Å². The molecule has 3 aliphatic rings. The number of nitrogens with zero attached hydrogens (tertiary/aromatic N) is 2. The normalized spacial score (nSPS) is 30.9. The number of hydrogen-bond acceptors (Lipinski definition) is 4. The summed E-state index contributed by atoms with van der Waals surface area (Å²) in [7, 11) is 0. The van der Waals surface area contributed by atoms with Gasteiger partial charge in [0.25, 0.3) is 5.91 Å². The molecule has 3 heterocycles. The van der Waals surface area contributed by atoms with Crippen LogP contribution in [-0.2, 0) is 4.79 Å². The Morgan fingerprint density at radius 2 is 1.96 bits per heavy atom. The van der Waals surface area contributed by atoms with Gasteiger partial charge in [0, 0.05) is 38.1 Å². The SMILES string of the molecule is O=C(c1ccc(Cl)s1)N1C[C@H]2CN(C3CCCC3)C[C@@]2(C(=O)O)C1. The number of carboxylic acid groups (broad SMARTS) is 1. The van der Waals surface area contributed by atoms with E-state index in [0.29, 0.717) is 34.9 Å². The van der Waals surface area contributed by atoms with E-state index in [0.717, 1.165) is 6.54 Å². The maximum atomic E-state index is 12.7. The number of halogens is 1. The lowest BCUT2D eigenvalue weighted by atomic mass is 9.81. The van der Waals surface area contributed by atoms with E-state index in [9.17, 15) is 14.7 Å². The average molecular weight is 369 g/mol. The van der Waals surface area contributed by atoms with Crippen molar-refractivity contribution in [1.82, 2.24) is 9.80 Å². The van der Waals surface area contributed by atoms with Gasteiger partial charge >= 0.3 is 5.97 Å². The van der Waals surface area contributed by atoms with E-state index in [-0.39, 0.29) is 11.8 Å². The summed E-state index contributed by atoms with van der Waals surface area (Å²) < 4.78 is 0.582. The van der Waals surface area contributed by atoms with Gasteiger partial charge in [-0.3, -0.25) is 14.5 Å². The third-order valence-corrected chi connectivity index (χ3v) is 7.19. The summed E-state index contributed by atoms with van der Waals surface area (Å²) in [5.41, 5.74) is -0.806. The Balaban J connectivity index is 1.52.